The van der Waals surface area contributed by atoms with Crippen LogP contribution in [0.15, 0.2) is 0 Å². The van der Waals surface area contributed by atoms with Crippen molar-refractivity contribution in [3.8, 4) is 0 Å². The summed E-state index contributed by atoms with van der Waals surface area (Å²) in [6, 6.07) is 0. The van der Waals surface area contributed by atoms with Gasteiger partial charge in [-0.25, -0.2) is 9.78 Å². The lowest BCUT2D eigenvalue weighted by atomic mass is 10.2. The highest BCUT2D eigenvalue weighted by Crippen LogP contribution is 2.09. The van der Waals surface area contributed by atoms with E-state index in [1.807, 2.05) is 0 Å². The third kappa shape index (κ3) is 1.43. The third-order valence-electron chi connectivity index (χ3n) is 1.09. The van der Waals surface area contributed by atoms with Crippen LogP contribution >= 0.6 is 0 Å². The average molecular weight is 118 g/mol. The van der Waals surface area contributed by atoms with E-state index >= 15 is 0 Å². The van der Waals surface area contributed by atoms with Gasteiger partial charge in [-0.3, -0.25) is 0 Å². The van der Waals surface area contributed by atoms with Gasteiger partial charge >= 0.3 is 0 Å². The minimum Gasteiger partial charge on any atom is -0.203 e. The first kappa shape index (κ1) is 6.01. The monoisotopic (exact) mass is 118 g/mol. The second kappa shape index (κ2) is 3.02. The van der Waals surface area contributed by atoms with Gasteiger partial charge in [-0.1, -0.05) is 18.4 Å². The Morgan fingerprint density at radius 2 is 2.50 bits per heavy atom. The van der Waals surface area contributed by atoms with E-state index in [-0.39, 0.29) is 6.10 Å². The highest BCUT2D eigenvalue weighted by Gasteiger charge is 2.16. The van der Waals surface area contributed by atoms with Gasteiger partial charge in [0.15, 0.2) is 0 Å². The van der Waals surface area contributed by atoms with Crippen LogP contribution in [0.2, 0.25) is 0 Å². The third-order valence-corrected chi connectivity index (χ3v) is 1.09. The highest BCUT2D eigenvalue weighted by molar-refractivity contribution is 4.52. The molecule has 0 aromatic heterocycles. The molecule has 0 N–H and O–H groups in total. The normalized spacial score (nSPS) is 28.9. The molecule has 0 unspecified atom stereocenters. The average Bonchev–Trinajstić information content (AvgIpc) is 2.19. The number of hydrogen-bond acceptors (Lipinski definition) is 3. The standard InChI is InChI=1S/C5H10O3/c1-2-3-5-4-6-8-7-5/h5H,2-4H2,1H3/t5-/m0/s1. The Morgan fingerprint density at radius 1 is 1.62 bits per heavy atom. The van der Waals surface area contributed by atoms with E-state index in [4.69, 9.17) is 0 Å². The Morgan fingerprint density at radius 3 is 3.00 bits per heavy atom. The summed E-state index contributed by atoms with van der Waals surface area (Å²) in [4.78, 5) is 9.16. The van der Waals surface area contributed by atoms with Crippen LogP contribution in [0.1, 0.15) is 19.8 Å². The minimum absolute atomic E-state index is 0.167. The molecular formula is C5H10O3. The van der Waals surface area contributed by atoms with Crippen molar-refractivity contribution < 1.29 is 14.8 Å². The highest BCUT2D eigenvalue weighted by atomic mass is 17.5. The fraction of sp³-hybridized carbons (Fsp3) is 1.00. The topological polar surface area (TPSA) is 27.7 Å². The summed E-state index contributed by atoms with van der Waals surface area (Å²) < 4.78 is 0. The van der Waals surface area contributed by atoms with Crippen LogP contribution in [0.3, 0.4) is 0 Å². The van der Waals surface area contributed by atoms with Gasteiger partial charge < -0.3 is 0 Å². The maximum absolute atomic E-state index is 4.67. The van der Waals surface area contributed by atoms with Crippen molar-refractivity contribution in [3.05, 3.63) is 0 Å². The molecule has 1 aliphatic rings. The maximum Gasteiger partial charge on any atom is 0.123 e. The van der Waals surface area contributed by atoms with E-state index in [2.05, 4.69) is 21.7 Å². The summed E-state index contributed by atoms with van der Waals surface area (Å²) in [5.74, 6) is 0. The van der Waals surface area contributed by atoms with E-state index in [0.717, 1.165) is 12.8 Å². The molecule has 0 spiro atoms. The molecule has 1 fully saturated rings. The Kier molecular flexibility index (Phi) is 2.27. The molecular weight excluding hydrogens is 108 g/mol. The van der Waals surface area contributed by atoms with Gasteiger partial charge in [-0.05, 0) is 6.42 Å². The first-order chi connectivity index (χ1) is 3.93. The summed E-state index contributed by atoms with van der Waals surface area (Å²) in [6.45, 7) is 2.68. The first-order valence-corrected chi connectivity index (χ1v) is 2.88. The zero-order valence-electron chi connectivity index (χ0n) is 4.92. The fourth-order valence-corrected chi connectivity index (χ4v) is 0.668. The Bertz CT molecular complexity index is 58.7. The van der Waals surface area contributed by atoms with E-state index in [1.165, 1.54) is 0 Å². The van der Waals surface area contributed by atoms with Crippen molar-refractivity contribution in [3.63, 3.8) is 0 Å². The number of hydrogen-bond donors (Lipinski definition) is 0. The molecule has 48 valence electrons. The van der Waals surface area contributed by atoms with Gasteiger partial charge in [0.25, 0.3) is 0 Å². The molecule has 1 saturated heterocycles. The first-order valence-electron chi connectivity index (χ1n) is 2.88. The molecule has 3 nitrogen and oxygen atoms in total. The molecule has 0 radical (unpaired) electrons. The van der Waals surface area contributed by atoms with Crippen molar-refractivity contribution in [2.45, 2.75) is 25.9 Å². The lowest BCUT2D eigenvalue weighted by Crippen LogP contribution is -2.07. The van der Waals surface area contributed by atoms with Crippen molar-refractivity contribution >= 4 is 0 Å². The summed E-state index contributed by atoms with van der Waals surface area (Å²) in [6.07, 6.45) is 2.29. The molecule has 0 bridgehead atoms. The van der Waals surface area contributed by atoms with Gasteiger partial charge in [0, 0.05) is 0 Å². The number of rotatable bonds is 2. The lowest BCUT2D eigenvalue weighted by Gasteiger charge is -1.97. The summed E-state index contributed by atoms with van der Waals surface area (Å²) in [7, 11) is 0. The molecule has 0 saturated carbocycles. The Hall–Kier alpha value is -0.120. The zero-order chi connectivity index (χ0) is 5.82. The van der Waals surface area contributed by atoms with Gasteiger partial charge in [0.05, 0.1) is 0 Å². The van der Waals surface area contributed by atoms with Crippen LogP contribution in [0.4, 0.5) is 0 Å². The molecule has 0 amide bonds. The summed E-state index contributed by atoms with van der Waals surface area (Å²) in [5.41, 5.74) is 0. The van der Waals surface area contributed by atoms with Gasteiger partial charge in [0.2, 0.25) is 0 Å². The van der Waals surface area contributed by atoms with Crippen molar-refractivity contribution in [1.82, 2.24) is 0 Å². The molecule has 1 atom stereocenters. The van der Waals surface area contributed by atoms with E-state index in [1.54, 1.807) is 0 Å². The van der Waals surface area contributed by atoms with Crippen LogP contribution in [-0.2, 0) is 14.8 Å². The van der Waals surface area contributed by atoms with E-state index < -0.39 is 0 Å². The van der Waals surface area contributed by atoms with Crippen LogP contribution in [0, 0.1) is 0 Å². The molecule has 1 heterocycles. The molecule has 8 heavy (non-hydrogen) atoms. The fourth-order valence-electron chi connectivity index (χ4n) is 0.668. The van der Waals surface area contributed by atoms with E-state index in [9.17, 15) is 0 Å². The molecule has 0 aliphatic carbocycles. The molecule has 0 aromatic rings. The molecule has 1 rings (SSSR count). The molecule has 0 aromatic carbocycles. The van der Waals surface area contributed by atoms with Gasteiger partial charge in [0.1, 0.15) is 12.7 Å². The molecule has 1 aliphatic heterocycles. The second-order valence-corrected chi connectivity index (χ2v) is 1.86. The predicted molar refractivity (Wildman–Crippen MR) is 26.8 cm³/mol. The molecule has 3 heteroatoms. The van der Waals surface area contributed by atoms with Gasteiger partial charge in [-0.15, -0.1) is 0 Å². The summed E-state index contributed by atoms with van der Waals surface area (Å²) in [5, 5.41) is 4.21. The van der Waals surface area contributed by atoms with Crippen LogP contribution in [-0.4, -0.2) is 12.7 Å². The van der Waals surface area contributed by atoms with Crippen molar-refractivity contribution in [1.29, 1.82) is 0 Å². The zero-order valence-corrected chi connectivity index (χ0v) is 4.92. The second-order valence-electron chi connectivity index (χ2n) is 1.86. The SMILES string of the molecule is CCC[C@H]1COOO1. The van der Waals surface area contributed by atoms with Crippen LogP contribution < -0.4 is 0 Å². The Labute approximate surface area is 48.4 Å². The smallest absolute Gasteiger partial charge is 0.123 e. The van der Waals surface area contributed by atoms with Gasteiger partial charge in [-0.2, -0.15) is 0 Å². The van der Waals surface area contributed by atoms with E-state index in [0.29, 0.717) is 6.61 Å². The Balaban J connectivity index is 2.06. The lowest BCUT2D eigenvalue weighted by molar-refractivity contribution is -0.460. The van der Waals surface area contributed by atoms with Crippen molar-refractivity contribution in [2.75, 3.05) is 6.61 Å². The van der Waals surface area contributed by atoms with Crippen LogP contribution in [0.25, 0.3) is 0 Å². The quantitative estimate of drug-likeness (QED) is 0.507. The summed E-state index contributed by atoms with van der Waals surface area (Å²) >= 11 is 0. The van der Waals surface area contributed by atoms with Crippen molar-refractivity contribution in [2.24, 2.45) is 0 Å². The predicted octanol–water partition coefficient (Wildman–Crippen LogP) is 1.05. The minimum atomic E-state index is 0.167. The van der Waals surface area contributed by atoms with Crippen LogP contribution in [0.5, 0.6) is 0 Å². The largest absolute Gasteiger partial charge is 0.203 e. The maximum atomic E-state index is 4.67.